The van der Waals surface area contributed by atoms with E-state index in [2.05, 4.69) is 22.5 Å². The van der Waals surface area contributed by atoms with Crippen LogP contribution < -0.4 is 5.32 Å². The number of aromatic amines is 1. The number of carbonyl (C=O) groups excluding carboxylic acids is 1. The molecular formula is C30H35N3O4. The number of allylic oxidation sites excluding steroid dienone is 2. The molecule has 3 N–H and O–H groups in total. The molecule has 1 aromatic heterocycles. The van der Waals surface area contributed by atoms with E-state index in [9.17, 15) is 14.7 Å². The van der Waals surface area contributed by atoms with Crippen molar-refractivity contribution >= 4 is 17.6 Å². The molecule has 0 unspecified atom stereocenters. The third-order valence-electron chi connectivity index (χ3n) is 9.95. The molecule has 7 heteroatoms. The minimum Gasteiger partial charge on any atom is -0.478 e. The summed E-state index contributed by atoms with van der Waals surface area (Å²) in [5, 5.41) is 12.2. The van der Waals surface area contributed by atoms with E-state index in [1.165, 1.54) is 31.4 Å². The number of benzene rings is 1. The smallest absolute Gasteiger partial charge is 0.335 e. The van der Waals surface area contributed by atoms with E-state index in [4.69, 9.17) is 9.72 Å². The zero-order valence-electron chi connectivity index (χ0n) is 21.2. The quantitative estimate of drug-likeness (QED) is 0.413. The maximum absolute atomic E-state index is 13.5. The monoisotopic (exact) mass is 501 g/mol. The van der Waals surface area contributed by atoms with Gasteiger partial charge in [0.25, 0.3) is 5.91 Å². The molecule has 7 aliphatic carbocycles. The van der Waals surface area contributed by atoms with Crippen LogP contribution in [0.2, 0.25) is 0 Å². The zero-order chi connectivity index (χ0) is 25.2. The normalized spacial score (nSPS) is 35.1. The largest absolute Gasteiger partial charge is 0.478 e. The summed E-state index contributed by atoms with van der Waals surface area (Å²) in [7, 11) is 0. The van der Waals surface area contributed by atoms with Crippen molar-refractivity contribution in [2.24, 2.45) is 23.7 Å². The standard InChI is InChI=1S/C30H35N3O4/c34-26(31-23-3-1-2-22(13-23)27(35)36)25-24(32-28(33-25)29-7-4-18(5-8-29)6-9-29)17-37-30-14-19-10-20(15-30)12-21(11-19)16-30/h1-4,7,13,18-21H,5-6,8-12,14-17H2,(H,31,34)(H,32,33)(H,35,36). The Morgan fingerprint density at radius 1 is 1.08 bits per heavy atom. The lowest BCUT2D eigenvalue weighted by Crippen LogP contribution is -2.51. The lowest BCUT2D eigenvalue weighted by molar-refractivity contribution is -0.169. The number of aromatic carboxylic acids is 1. The molecule has 2 aromatic rings. The zero-order valence-corrected chi connectivity index (χ0v) is 21.2. The van der Waals surface area contributed by atoms with Gasteiger partial charge >= 0.3 is 5.97 Å². The number of hydrogen-bond donors (Lipinski definition) is 3. The van der Waals surface area contributed by atoms with E-state index in [0.29, 0.717) is 23.9 Å². The van der Waals surface area contributed by atoms with Crippen molar-refractivity contribution in [1.82, 2.24) is 9.97 Å². The number of carbonyl (C=O) groups is 2. The summed E-state index contributed by atoms with van der Waals surface area (Å²) in [5.41, 5.74) is 1.45. The van der Waals surface area contributed by atoms with Gasteiger partial charge in [-0.1, -0.05) is 18.2 Å². The second-order valence-corrected chi connectivity index (χ2v) is 12.5. The van der Waals surface area contributed by atoms with E-state index < -0.39 is 5.97 Å². The van der Waals surface area contributed by atoms with E-state index in [0.717, 1.165) is 74.2 Å². The lowest BCUT2D eigenvalue weighted by atomic mass is 9.54. The van der Waals surface area contributed by atoms with Crippen molar-refractivity contribution in [3.8, 4) is 0 Å². The van der Waals surface area contributed by atoms with Gasteiger partial charge in [0.05, 0.1) is 23.5 Å². The number of fused-ring (bicyclic) bond motifs is 2. The maximum Gasteiger partial charge on any atom is 0.335 e. The summed E-state index contributed by atoms with van der Waals surface area (Å²) in [6.07, 6.45) is 16.5. The van der Waals surface area contributed by atoms with Crippen LogP contribution in [0, 0.1) is 23.7 Å². The second-order valence-electron chi connectivity index (χ2n) is 12.5. The second kappa shape index (κ2) is 8.55. The molecule has 5 fully saturated rings. The minimum absolute atomic E-state index is 0.0648. The first-order valence-corrected chi connectivity index (χ1v) is 14.0. The lowest BCUT2D eigenvalue weighted by Gasteiger charge is -2.56. The number of anilines is 1. The van der Waals surface area contributed by atoms with Gasteiger partial charge in [-0.2, -0.15) is 0 Å². The van der Waals surface area contributed by atoms with Crippen LogP contribution in [0.15, 0.2) is 36.4 Å². The van der Waals surface area contributed by atoms with Gasteiger partial charge in [0.15, 0.2) is 5.69 Å². The highest BCUT2D eigenvalue weighted by molar-refractivity contribution is 6.04. The fourth-order valence-electron chi connectivity index (χ4n) is 8.44. The van der Waals surface area contributed by atoms with Crippen LogP contribution in [0.25, 0.3) is 0 Å². The minimum atomic E-state index is -1.03. The first-order chi connectivity index (χ1) is 17.9. The van der Waals surface area contributed by atoms with Crippen molar-refractivity contribution in [3.05, 3.63) is 59.2 Å². The maximum atomic E-state index is 13.5. The molecular weight excluding hydrogens is 466 g/mol. The van der Waals surface area contributed by atoms with Crippen molar-refractivity contribution in [1.29, 1.82) is 0 Å². The molecule has 9 rings (SSSR count). The predicted molar refractivity (Wildman–Crippen MR) is 138 cm³/mol. The van der Waals surface area contributed by atoms with Crippen molar-refractivity contribution in [2.75, 3.05) is 5.32 Å². The Morgan fingerprint density at radius 2 is 1.78 bits per heavy atom. The average molecular weight is 502 g/mol. The molecule has 194 valence electrons. The highest BCUT2D eigenvalue weighted by Crippen LogP contribution is 2.57. The molecule has 1 aromatic carbocycles. The fraction of sp³-hybridized carbons (Fsp3) is 0.567. The van der Waals surface area contributed by atoms with Gasteiger partial charge in [-0.15, -0.1) is 0 Å². The van der Waals surface area contributed by atoms with E-state index >= 15 is 0 Å². The SMILES string of the molecule is O=C(O)c1cccc(NC(=O)c2nc(C34C=CC(CC3)CC4)[nH]c2COC23CC4CC(CC(C4)C2)C3)c1. The number of hydrogen-bond acceptors (Lipinski definition) is 4. The molecule has 0 spiro atoms. The number of imidazole rings is 1. The number of carboxylic acids is 1. The number of rotatable bonds is 7. The van der Waals surface area contributed by atoms with Gasteiger partial charge in [-0.05, 0) is 106 Å². The molecule has 1 amide bonds. The molecule has 7 nitrogen and oxygen atoms in total. The molecule has 1 heterocycles. The van der Waals surface area contributed by atoms with Crippen LogP contribution >= 0.6 is 0 Å². The predicted octanol–water partition coefficient (Wildman–Crippen LogP) is 5.84. The Labute approximate surface area is 217 Å². The van der Waals surface area contributed by atoms with E-state index in [-0.39, 0.29) is 22.5 Å². The van der Waals surface area contributed by atoms with Crippen LogP contribution in [-0.4, -0.2) is 32.6 Å². The number of aromatic nitrogens is 2. The Hall–Kier alpha value is -2.93. The Balaban J connectivity index is 1.18. The summed E-state index contributed by atoms with van der Waals surface area (Å²) in [5.74, 6) is 2.52. The number of carboxylic acid groups (broad SMARTS) is 1. The van der Waals surface area contributed by atoms with Crippen LogP contribution in [-0.2, 0) is 16.8 Å². The molecule has 37 heavy (non-hydrogen) atoms. The van der Waals surface area contributed by atoms with Gasteiger partial charge in [-0.3, -0.25) is 4.79 Å². The van der Waals surface area contributed by atoms with Crippen LogP contribution in [0.3, 0.4) is 0 Å². The summed E-state index contributed by atoms with van der Waals surface area (Å²) in [4.78, 5) is 33.4. The van der Waals surface area contributed by atoms with Crippen molar-refractivity contribution < 1.29 is 19.4 Å². The molecule has 0 atom stereocenters. The molecule has 0 radical (unpaired) electrons. The van der Waals surface area contributed by atoms with Gasteiger partial charge < -0.3 is 20.1 Å². The molecule has 0 saturated heterocycles. The first kappa shape index (κ1) is 23.2. The molecule has 6 bridgehead atoms. The third-order valence-corrected chi connectivity index (χ3v) is 9.95. The average Bonchev–Trinajstić information content (AvgIpc) is 3.34. The van der Waals surface area contributed by atoms with Gasteiger partial charge in [0.1, 0.15) is 5.82 Å². The van der Waals surface area contributed by atoms with Crippen LogP contribution in [0.5, 0.6) is 0 Å². The molecule has 0 aliphatic heterocycles. The van der Waals surface area contributed by atoms with Crippen LogP contribution in [0.4, 0.5) is 5.69 Å². The number of ether oxygens (including phenoxy) is 1. The summed E-state index contributed by atoms with van der Waals surface area (Å²) in [6, 6.07) is 6.33. The van der Waals surface area contributed by atoms with Crippen molar-refractivity contribution in [2.45, 2.75) is 81.8 Å². The topological polar surface area (TPSA) is 104 Å². The summed E-state index contributed by atoms with van der Waals surface area (Å²) >= 11 is 0. The van der Waals surface area contributed by atoms with Crippen LogP contribution in [0.1, 0.15) is 96.6 Å². The third kappa shape index (κ3) is 4.12. The summed E-state index contributed by atoms with van der Waals surface area (Å²) < 4.78 is 6.75. The van der Waals surface area contributed by atoms with Crippen molar-refractivity contribution in [3.63, 3.8) is 0 Å². The fourth-order valence-corrected chi connectivity index (χ4v) is 8.44. The molecule has 5 saturated carbocycles. The Kier molecular flexibility index (Phi) is 5.36. The van der Waals surface area contributed by atoms with E-state index in [1.807, 2.05) is 0 Å². The highest BCUT2D eigenvalue weighted by atomic mass is 16.5. The highest BCUT2D eigenvalue weighted by Gasteiger charge is 2.52. The Morgan fingerprint density at radius 3 is 2.41 bits per heavy atom. The Bertz CT molecular complexity index is 1230. The number of nitrogens with one attached hydrogen (secondary N) is 2. The van der Waals surface area contributed by atoms with Gasteiger partial charge in [0.2, 0.25) is 0 Å². The first-order valence-electron chi connectivity index (χ1n) is 14.0. The van der Waals surface area contributed by atoms with Gasteiger partial charge in [0, 0.05) is 11.1 Å². The number of H-pyrrole nitrogens is 1. The number of nitrogens with zero attached hydrogens (tertiary/aromatic N) is 1. The number of amides is 1. The molecule has 7 aliphatic rings. The summed E-state index contributed by atoms with van der Waals surface area (Å²) in [6.45, 7) is 0.347. The van der Waals surface area contributed by atoms with Gasteiger partial charge in [-0.25, -0.2) is 9.78 Å². The van der Waals surface area contributed by atoms with E-state index in [1.54, 1.807) is 12.1 Å².